The molecule has 166 valence electrons. The zero-order valence-corrected chi connectivity index (χ0v) is 18.2. The van der Waals surface area contributed by atoms with Crippen molar-refractivity contribution in [1.29, 1.82) is 0 Å². The molecule has 4 rings (SSSR count). The summed E-state index contributed by atoms with van der Waals surface area (Å²) in [6.07, 6.45) is 0.420. The van der Waals surface area contributed by atoms with Gasteiger partial charge in [0.25, 0.3) is 0 Å². The number of carbonyl (C=O) groups is 1. The molecule has 3 N–H and O–H groups in total. The van der Waals surface area contributed by atoms with Gasteiger partial charge >= 0.3 is 0 Å². The fraction of sp³-hybridized carbons (Fsp3) is 0.304. The highest BCUT2D eigenvalue weighted by Crippen LogP contribution is 2.21. The summed E-state index contributed by atoms with van der Waals surface area (Å²) in [4.78, 5) is 23.4. The minimum atomic E-state index is -0.0231. The molecular formula is C23H27N7O2. The summed E-state index contributed by atoms with van der Waals surface area (Å²) in [5.41, 5.74) is 1.81. The highest BCUT2D eigenvalue weighted by atomic mass is 16.5. The maximum absolute atomic E-state index is 12.5. The van der Waals surface area contributed by atoms with Gasteiger partial charge in [-0.3, -0.25) is 9.89 Å². The van der Waals surface area contributed by atoms with E-state index in [9.17, 15) is 4.79 Å². The number of benzene rings is 2. The first-order valence-electron chi connectivity index (χ1n) is 10.6. The smallest absolute Gasteiger partial charge is 0.229 e. The Labute approximate surface area is 186 Å². The van der Waals surface area contributed by atoms with Crippen LogP contribution in [0.2, 0.25) is 0 Å². The van der Waals surface area contributed by atoms with Gasteiger partial charge in [-0.25, -0.2) is 9.98 Å². The summed E-state index contributed by atoms with van der Waals surface area (Å²) in [7, 11) is 1.63. The predicted octanol–water partition coefficient (Wildman–Crippen LogP) is 2.34. The number of hydrogen-bond acceptors (Lipinski definition) is 5. The summed E-state index contributed by atoms with van der Waals surface area (Å²) < 4.78 is 5.19. The Bertz CT molecular complexity index is 1060. The van der Waals surface area contributed by atoms with E-state index in [2.05, 4.69) is 30.8 Å². The number of methoxy groups -OCH3 is 1. The van der Waals surface area contributed by atoms with Crippen molar-refractivity contribution < 1.29 is 9.53 Å². The number of hydrogen-bond donors (Lipinski definition) is 3. The first-order chi connectivity index (χ1) is 15.7. The van der Waals surface area contributed by atoms with Crippen LogP contribution in [0.25, 0.3) is 11.4 Å². The lowest BCUT2D eigenvalue weighted by Gasteiger charge is -2.18. The molecule has 9 nitrogen and oxygen atoms in total. The number of rotatable bonds is 7. The number of aromatic nitrogens is 3. The molecule has 32 heavy (non-hydrogen) atoms. The Morgan fingerprint density at radius 2 is 2.00 bits per heavy atom. The summed E-state index contributed by atoms with van der Waals surface area (Å²) in [5, 5.41) is 13.8. The van der Waals surface area contributed by atoms with Crippen molar-refractivity contribution in [2.24, 2.45) is 4.99 Å². The number of aromatic amines is 1. The van der Waals surface area contributed by atoms with Crippen LogP contribution in [0.1, 0.15) is 19.2 Å². The van der Waals surface area contributed by atoms with Crippen molar-refractivity contribution in [3.63, 3.8) is 0 Å². The van der Waals surface area contributed by atoms with Gasteiger partial charge in [-0.05, 0) is 43.3 Å². The van der Waals surface area contributed by atoms with Crippen LogP contribution < -0.4 is 20.3 Å². The van der Waals surface area contributed by atoms with E-state index in [0.29, 0.717) is 43.7 Å². The lowest BCUT2D eigenvalue weighted by molar-refractivity contribution is -0.117. The quantitative estimate of drug-likeness (QED) is 0.390. The van der Waals surface area contributed by atoms with E-state index in [1.165, 1.54) is 0 Å². The summed E-state index contributed by atoms with van der Waals surface area (Å²) >= 11 is 0. The summed E-state index contributed by atoms with van der Waals surface area (Å²) in [5.74, 6) is 2.79. The first-order valence-corrected chi connectivity index (χ1v) is 10.6. The number of nitrogens with zero attached hydrogens (tertiary/aromatic N) is 4. The molecule has 2 heterocycles. The third kappa shape index (κ3) is 5.05. The van der Waals surface area contributed by atoms with Crippen molar-refractivity contribution in [3.8, 4) is 17.1 Å². The number of aliphatic imine (C=N–C) groups is 1. The number of ether oxygens (including phenoxy) is 1. The number of carbonyl (C=O) groups excluding carboxylic acids is 1. The number of guanidine groups is 1. The molecule has 0 bridgehead atoms. The third-order valence-electron chi connectivity index (χ3n) is 5.14. The topological polar surface area (TPSA) is 108 Å². The Hall–Kier alpha value is -3.88. The third-order valence-corrected chi connectivity index (χ3v) is 5.14. The largest absolute Gasteiger partial charge is 0.497 e. The van der Waals surface area contributed by atoms with E-state index >= 15 is 0 Å². The Morgan fingerprint density at radius 1 is 1.22 bits per heavy atom. The van der Waals surface area contributed by atoms with Crippen LogP contribution in [0.4, 0.5) is 5.69 Å². The van der Waals surface area contributed by atoms with Crippen LogP contribution in [0.5, 0.6) is 5.75 Å². The molecule has 1 saturated heterocycles. The molecular weight excluding hydrogens is 406 g/mol. The maximum Gasteiger partial charge on any atom is 0.229 e. The monoisotopic (exact) mass is 433 g/mol. The molecule has 0 radical (unpaired) electrons. The van der Waals surface area contributed by atoms with Crippen molar-refractivity contribution in [1.82, 2.24) is 25.8 Å². The minimum absolute atomic E-state index is 0.0231. The predicted molar refractivity (Wildman–Crippen MR) is 124 cm³/mol. The van der Waals surface area contributed by atoms with Gasteiger partial charge in [0, 0.05) is 30.8 Å². The maximum atomic E-state index is 12.5. The molecule has 0 spiro atoms. The molecule has 9 heteroatoms. The van der Waals surface area contributed by atoms with Crippen molar-refractivity contribution in [3.05, 3.63) is 60.4 Å². The van der Waals surface area contributed by atoms with Crippen molar-refractivity contribution in [2.45, 2.75) is 25.9 Å². The lowest BCUT2D eigenvalue weighted by atomic mass is 10.2. The Kier molecular flexibility index (Phi) is 6.64. The van der Waals surface area contributed by atoms with Crippen LogP contribution in [0, 0.1) is 0 Å². The average molecular weight is 434 g/mol. The fourth-order valence-electron chi connectivity index (χ4n) is 3.56. The van der Waals surface area contributed by atoms with Gasteiger partial charge in [0.05, 0.1) is 13.2 Å². The fourth-order valence-corrected chi connectivity index (χ4v) is 3.56. The molecule has 3 aromatic rings. The van der Waals surface area contributed by atoms with Gasteiger partial charge in [0.15, 0.2) is 11.8 Å². The normalized spacial score (nSPS) is 16.3. The van der Waals surface area contributed by atoms with Crippen LogP contribution in [0.3, 0.4) is 0 Å². The minimum Gasteiger partial charge on any atom is -0.497 e. The standard InChI is InChI=1S/C23H27N7O2/c1-3-24-23(26-17-13-21(31)30(15-17)18-7-5-4-6-8-18)25-14-20-27-22(29-28-20)16-9-11-19(32-2)12-10-16/h4-12,17H,3,13-15H2,1-2H3,(H2,24,25,26)(H,27,28,29). The second-order valence-corrected chi connectivity index (χ2v) is 7.41. The first kappa shape index (κ1) is 21.4. The molecule has 1 amide bonds. The molecule has 1 fully saturated rings. The molecule has 1 unspecified atom stereocenters. The van der Waals surface area contributed by atoms with Gasteiger partial charge in [0.2, 0.25) is 5.91 Å². The second-order valence-electron chi connectivity index (χ2n) is 7.41. The van der Waals surface area contributed by atoms with E-state index in [1.807, 2.05) is 61.5 Å². The van der Waals surface area contributed by atoms with Gasteiger partial charge < -0.3 is 20.3 Å². The SMILES string of the molecule is CCNC(=NCc1nc(-c2ccc(OC)cc2)n[nH]1)NC1CC(=O)N(c2ccccc2)C1. The van der Waals surface area contributed by atoms with Crippen LogP contribution in [0.15, 0.2) is 59.6 Å². The molecule has 2 aromatic carbocycles. The number of para-hydroxylation sites is 1. The number of nitrogens with one attached hydrogen (secondary N) is 3. The molecule has 1 atom stereocenters. The van der Waals surface area contributed by atoms with Crippen LogP contribution >= 0.6 is 0 Å². The van der Waals surface area contributed by atoms with E-state index in [4.69, 9.17) is 4.74 Å². The average Bonchev–Trinajstić information content (AvgIpc) is 3.45. The van der Waals surface area contributed by atoms with Crippen molar-refractivity contribution >= 4 is 17.6 Å². The number of H-pyrrole nitrogens is 1. The van der Waals surface area contributed by atoms with Crippen LogP contribution in [-0.4, -0.2) is 53.3 Å². The highest BCUT2D eigenvalue weighted by molar-refractivity contribution is 5.97. The number of amides is 1. The molecule has 1 aromatic heterocycles. The zero-order valence-electron chi connectivity index (χ0n) is 18.2. The van der Waals surface area contributed by atoms with E-state index < -0.39 is 0 Å². The van der Waals surface area contributed by atoms with E-state index in [-0.39, 0.29) is 11.9 Å². The highest BCUT2D eigenvalue weighted by Gasteiger charge is 2.31. The van der Waals surface area contributed by atoms with Crippen LogP contribution in [-0.2, 0) is 11.3 Å². The summed E-state index contributed by atoms with van der Waals surface area (Å²) in [6.45, 7) is 3.64. The second kappa shape index (κ2) is 9.95. The van der Waals surface area contributed by atoms with Gasteiger partial charge in [0.1, 0.15) is 18.1 Å². The van der Waals surface area contributed by atoms with Gasteiger partial charge in [-0.15, -0.1) is 0 Å². The zero-order chi connectivity index (χ0) is 22.3. The van der Waals surface area contributed by atoms with E-state index in [1.54, 1.807) is 12.0 Å². The Morgan fingerprint density at radius 3 is 2.72 bits per heavy atom. The molecule has 0 aliphatic carbocycles. The Balaban J connectivity index is 1.39. The molecule has 1 aliphatic rings. The van der Waals surface area contributed by atoms with Crippen molar-refractivity contribution in [2.75, 3.05) is 25.1 Å². The lowest BCUT2D eigenvalue weighted by Crippen LogP contribution is -2.44. The molecule has 0 saturated carbocycles. The summed E-state index contributed by atoms with van der Waals surface area (Å²) in [6, 6.07) is 17.3. The van der Waals surface area contributed by atoms with Gasteiger partial charge in [-0.2, -0.15) is 5.10 Å². The number of anilines is 1. The molecule has 1 aliphatic heterocycles. The van der Waals surface area contributed by atoms with Gasteiger partial charge in [-0.1, -0.05) is 18.2 Å². The van der Waals surface area contributed by atoms with E-state index in [0.717, 1.165) is 17.0 Å².